The van der Waals surface area contributed by atoms with Gasteiger partial charge in [-0.3, -0.25) is 9.59 Å². The molecule has 10 heteroatoms. The van der Waals surface area contributed by atoms with Crippen molar-refractivity contribution < 1.29 is 27.1 Å². The first kappa shape index (κ1) is 23.3. The van der Waals surface area contributed by atoms with Crippen molar-refractivity contribution in [2.24, 2.45) is 5.92 Å². The Morgan fingerprint density at radius 3 is 2.30 bits per heavy atom. The fourth-order valence-electron chi connectivity index (χ4n) is 4.03. The molecular weight excluding hydrogens is 449 g/mol. The van der Waals surface area contributed by atoms with Gasteiger partial charge in [0.25, 0.3) is 5.91 Å². The lowest BCUT2D eigenvalue weighted by atomic mass is 9.95. The molecule has 2 fully saturated rings. The van der Waals surface area contributed by atoms with Gasteiger partial charge in [-0.1, -0.05) is 6.07 Å². The Hall–Kier alpha value is -2.82. The smallest absolute Gasteiger partial charge is 0.253 e. The molecule has 2 heterocycles. The van der Waals surface area contributed by atoms with Crippen molar-refractivity contribution in [1.82, 2.24) is 9.21 Å². The van der Waals surface area contributed by atoms with E-state index in [0.29, 0.717) is 63.5 Å². The van der Waals surface area contributed by atoms with Gasteiger partial charge < -0.3 is 15.0 Å². The van der Waals surface area contributed by atoms with Crippen LogP contribution in [0.2, 0.25) is 0 Å². The molecule has 0 atom stereocenters. The molecule has 0 saturated carbocycles. The molecule has 0 radical (unpaired) electrons. The number of amides is 2. The van der Waals surface area contributed by atoms with E-state index in [2.05, 4.69) is 5.32 Å². The van der Waals surface area contributed by atoms with Gasteiger partial charge in [0.15, 0.2) is 0 Å². The highest BCUT2D eigenvalue weighted by molar-refractivity contribution is 7.89. The van der Waals surface area contributed by atoms with E-state index >= 15 is 0 Å². The number of carbonyl (C=O) groups excluding carboxylic acids is 2. The van der Waals surface area contributed by atoms with Gasteiger partial charge in [-0.15, -0.1) is 0 Å². The van der Waals surface area contributed by atoms with Gasteiger partial charge in [-0.2, -0.15) is 4.31 Å². The maximum atomic E-state index is 13.1. The monoisotopic (exact) mass is 475 g/mol. The Kier molecular flexibility index (Phi) is 7.06. The third kappa shape index (κ3) is 5.40. The largest absolute Gasteiger partial charge is 0.379 e. The Labute approximate surface area is 192 Å². The molecule has 33 heavy (non-hydrogen) atoms. The average molecular weight is 476 g/mol. The number of hydrogen-bond donors (Lipinski definition) is 1. The van der Waals surface area contributed by atoms with E-state index in [0.717, 1.165) is 0 Å². The molecule has 1 N–H and O–H groups in total. The number of likely N-dealkylation sites (tertiary alicyclic amines) is 1. The molecule has 0 bridgehead atoms. The third-order valence-electron chi connectivity index (χ3n) is 5.95. The van der Waals surface area contributed by atoms with Gasteiger partial charge in [0, 0.05) is 43.3 Å². The minimum Gasteiger partial charge on any atom is -0.379 e. The minimum absolute atomic E-state index is 0.127. The summed E-state index contributed by atoms with van der Waals surface area (Å²) in [6, 6.07) is 11.6. The zero-order valence-corrected chi connectivity index (χ0v) is 18.9. The van der Waals surface area contributed by atoms with Crippen LogP contribution in [0.4, 0.5) is 10.1 Å². The number of benzene rings is 2. The number of hydrogen-bond acceptors (Lipinski definition) is 5. The number of ether oxygens (including phenoxy) is 1. The molecule has 4 rings (SSSR count). The quantitative estimate of drug-likeness (QED) is 0.716. The van der Waals surface area contributed by atoms with Gasteiger partial charge in [0.05, 0.1) is 18.1 Å². The summed E-state index contributed by atoms with van der Waals surface area (Å²) < 4.78 is 45.4. The standard InChI is InChI=1S/C23H26FN3O5S/c24-19-6-4-18(5-7-19)23(29)26-10-8-17(9-11-26)22(28)25-20-2-1-3-21(16-20)33(30,31)27-12-14-32-15-13-27/h1-7,16-17H,8-15H2,(H,25,28). The first-order valence-corrected chi connectivity index (χ1v) is 12.3. The number of rotatable bonds is 5. The Morgan fingerprint density at radius 2 is 1.64 bits per heavy atom. The molecule has 2 aromatic carbocycles. The van der Waals surface area contributed by atoms with Crippen LogP contribution in [0.1, 0.15) is 23.2 Å². The summed E-state index contributed by atoms with van der Waals surface area (Å²) >= 11 is 0. The fraction of sp³-hybridized carbons (Fsp3) is 0.391. The molecular formula is C23H26FN3O5S. The lowest BCUT2D eigenvalue weighted by Gasteiger charge is -2.31. The van der Waals surface area contributed by atoms with Crippen LogP contribution in [-0.4, -0.2) is 68.8 Å². The first-order chi connectivity index (χ1) is 15.8. The van der Waals surface area contributed by atoms with Crippen LogP contribution in [0.15, 0.2) is 53.4 Å². The van der Waals surface area contributed by atoms with Crippen molar-refractivity contribution in [3.8, 4) is 0 Å². The molecule has 8 nitrogen and oxygen atoms in total. The molecule has 0 aromatic heterocycles. The Balaban J connectivity index is 1.35. The zero-order valence-electron chi connectivity index (χ0n) is 18.1. The number of nitrogens with one attached hydrogen (secondary N) is 1. The van der Waals surface area contributed by atoms with Crippen molar-refractivity contribution in [3.63, 3.8) is 0 Å². The second-order valence-electron chi connectivity index (χ2n) is 8.11. The molecule has 2 amide bonds. The highest BCUT2D eigenvalue weighted by Gasteiger charge is 2.29. The van der Waals surface area contributed by atoms with Crippen LogP contribution in [0, 0.1) is 11.7 Å². The van der Waals surface area contributed by atoms with Gasteiger partial charge in [0.2, 0.25) is 15.9 Å². The number of nitrogens with zero attached hydrogens (tertiary/aromatic N) is 2. The topological polar surface area (TPSA) is 96.0 Å². The van der Waals surface area contributed by atoms with Gasteiger partial charge in [-0.05, 0) is 55.3 Å². The van der Waals surface area contributed by atoms with Crippen molar-refractivity contribution in [3.05, 3.63) is 59.9 Å². The van der Waals surface area contributed by atoms with Gasteiger partial charge >= 0.3 is 0 Å². The minimum atomic E-state index is -3.66. The molecule has 2 saturated heterocycles. The van der Waals surface area contributed by atoms with E-state index < -0.39 is 15.8 Å². The highest BCUT2D eigenvalue weighted by Crippen LogP contribution is 2.24. The summed E-state index contributed by atoms with van der Waals surface area (Å²) in [5, 5.41) is 2.82. The van der Waals surface area contributed by atoms with Gasteiger partial charge in [0.1, 0.15) is 5.82 Å². The van der Waals surface area contributed by atoms with Crippen LogP contribution < -0.4 is 5.32 Å². The van der Waals surface area contributed by atoms with E-state index in [1.807, 2.05) is 0 Å². The number of sulfonamides is 1. The van der Waals surface area contributed by atoms with E-state index in [-0.39, 0.29) is 22.6 Å². The van der Waals surface area contributed by atoms with E-state index in [9.17, 15) is 22.4 Å². The van der Waals surface area contributed by atoms with Crippen LogP contribution in [0.5, 0.6) is 0 Å². The number of carbonyl (C=O) groups is 2. The second-order valence-corrected chi connectivity index (χ2v) is 10.0. The van der Waals surface area contributed by atoms with Crippen molar-refractivity contribution >= 4 is 27.5 Å². The van der Waals surface area contributed by atoms with Crippen LogP contribution in [-0.2, 0) is 19.6 Å². The summed E-state index contributed by atoms with van der Waals surface area (Å²) in [5.74, 6) is -1.08. The molecule has 176 valence electrons. The summed E-state index contributed by atoms with van der Waals surface area (Å²) in [6.07, 6.45) is 0.981. The number of piperidine rings is 1. The zero-order chi connectivity index (χ0) is 23.4. The normalized spacial score (nSPS) is 18.2. The maximum absolute atomic E-state index is 13.1. The fourth-order valence-corrected chi connectivity index (χ4v) is 5.49. The van der Waals surface area contributed by atoms with Crippen molar-refractivity contribution in [2.45, 2.75) is 17.7 Å². The maximum Gasteiger partial charge on any atom is 0.253 e. The second kappa shape index (κ2) is 9.98. The summed E-state index contributed by atoms with van der Waals surface area (Å²) in [4.78, 5) is 27.1. The van der Waals surface area contributed by atoms with Crippen molar-refractivity contribution in [1.29, 1.82) is 0 Å². The van der Waals surface area contributed by atoms with Crippen LogP contribution >= 0.6 is 0 Å². The summed E-state index contributed by atoms with van der Waals surface area (Å²) in [6.45, 7) is 2.15. The van der Waals surface area contributed by atoms with Crippen LogP contribution in [0.25, 0.3) is 0 Å². The first-order valence-electron chi connectivity index (χ1n) is 10.9. The number of morpholine rings is 1. The SMILES string of the molecule is O=C(Nc1cccc(S(=O)(=O)N2CCOCC2)c1)C1CCN(C(=O)c2ccc(F)cc2)CC1. The number of anilines is 1. The predicted molar refractivity (Wildman–Crippen MR) is 120 cm³/mol. The molecule has 0 unspecified atom stereocenters. The number of halogens is 1. The lowest BCUT2D eigenvalue weighted by Crippen LogP contribution is -2.41. The molecule has 0 aliphatic carbocycles. The van der Waals surface area contributed by atoms with E-state index in [4.69, 9.17) is 4.74 Å². The lowest BCUT2D eigenvalue weighted by molar-refractivity contribution is -0.121. The molecule has 2 aliphatic rings. The molecule has 2 aliphatic heterocycles. The van der Waals surface area contributed by atoms with Crippen molar-refractivity contribution in [2.75, 3.05) is 44.7 Å². The van der Waals surface area contributed by atoms with Gasteiger partial charge in [-0.25, -0.2) is 12.8 Å². The van der Waals surface area contributed by atoms with E-state index in [1.54, 1.807) is 17.0 Å². The Bertz CT molecular complexity index is 1110. The summed E-state index contributed by atoms with van der Waals surface area (Å²) in [7, 11) is -3.66. The third-order valence-corrected chi connectivity index (χ3v) is 7.85. The van der Waals surface area contributed by atoms with E-state index in [1.165, 1.54) is 40.7 Å². The average Bonchev–Trinajstić information content (AvgIpc) is 2.85. The Morgan fingerprint density at radius 1 is 0.970 bits per heavy atom. The predicted octanol–water partition coefficient (Wildman–Crippen LogP) is 2.34. The molecule has 0 spiro atoms. The van der Waals surface area contributed by atoms with Crippen LogP contribution in [0.3, 0.4) is 0 Å². The highest BCUT2D eigenvalue weighted by atomic mass is 32.2. The summed E-state index contributed by atoms with van der Waals surface area (Å²) in [5.41, 5.74) is 0.830. The molecule has 2 aromatic rings.